The van der Waals surface area contributed by atoms with E-state index in [2.05, 4.69) is 15.2 Å². The molecule has 24 heavy (non-hydrogen) atoms. The van der Waals surface area contributed by atoms with E-state index >= 15 is 0 Å². The number of ether oxygens (including phenoxy) is 1. The summed E-state index contributed by atoms with van der Waals surface area (Å²) in [7, 11) is 1.29. The number of imidazole rings is 1. The van der Waals surface area contributed by atoms with Crippen LogP contribution >= 0.6 is 11.6 Å². The first-order valence-electron chi connectivity index (χ1n) is 7.41. The molecule has 3 heterocycles. The number of esters is 1. The maximum Gasteiger partial charge on any atom is 0.343 e. The van der Waals surface area contributed by atoms with Crippen molar-refractivity contribution >= 4 is 23.2 Å². The number of nitrogens with zero attached hydrogens (tertiary/aromatic N) is 4. The Labute approximate surface area is 141 Å². The van der Waals surface area contributed by atoms with Gasteiger partial charge in [0, 0.05) is 11.8 Å². The van der Waals surface area contributed by atoms with Crippen molar-refractivity contribution in [3.8, 4) is 17.3 Å². The van der Waals surface area contributed by atoms with Crippen molar-refractivity contribution in [2.24, 2.45) is 0 Å². The minimum Gasteiger partial charge on any atom is -0.492 e. The van der Waals surface area contributed by atoms with Gasteiger partial charge in [0.1, 0.15) is 11.3 Å². The molecule has 1 saturated carbocycles. The number of hydrogen-bond acceptors (Lipinski definition) is 6. The average Bonchev–Trinajstić information content (AvgIpc) is 3.34. The molecule has 0 aliphatic heterocycles. The van der Waals surface area contributed by atoms with Gasteiger partial charge >= 0.3 is 5.97 Å². The van der Waals surface area contributed by atoms with E-state index in [0.29, 0.717) is 23.0 Å². The van der Waals surface area contributed by atoms with Crippen LogP contribution < -0.4 is 0 Å². The van der Waals surface area contributed by atoms with E-state index in [4.69, 9.17) is 16.3 Å². The summed E-state index contributed by atoms with van der Waals surface area (Å²) in [5, 5.41) is 18.0. The van der Waals surface area contributed by atoms with Crippen LogP contribution in [-0.2, 0) is 4.74 Å². The maximum absolute atomic E-state index is 12.0. The van der Waals surface area contributed by atoms with Crippen LogP contribution in [0.4, 0.5) is 0 Å². The number of halogens is 1. The zero-order valence-electron chi connectivity index (χ0n) is 12.7. The number of fused-ring (bicyclic) bond motifs is 1. The van der Waals surface area contributed by atoms with E-state index in [9.17, 15) is 9.90 Å². The van der Waals surface area contributed by atoms with Crippen molar-refractivity contribution in [1.82, 2.24) is 19.6 Å². The predicted molar refractivity (Wildman–Crippen MR) is 86.2 cm³/mol. The molecule has 0 saturated heterocycles. The number of methoxy groups -OCH3 is 1. The van der Waals surface area contributed by atoms with Gasteiger partial charge in [-0.05, 0) is 30.9 Å². The number of carbonyl (C=O) groups excluding carboxylic acids is 1. The second-order valence-corrected chi connectivity index (χ2v) is 6.06. The van der Waals surface area contributed by atoms with Gasteiger partial charge in [-0.25, -0.2) is 9.78 Å². The van der Waals surface area contributed by atoms with Gasteiger partial charge in [0.05, 0.1) is 24.0 Å². The van der Waals surface area contributed by atoms with Crippen LogP contribution in [-0.4, -0.2) is 37.8 Å². The maximum atomic E-state index is 12.0. The lowest BCUT2D eigenvalue weighted by Gasteiger charge is -2.07. The van der Waals surface area contributed by atoms with E-state index in [1.165, 1.54) is 7.11 Å². The number of hydrogen-bond donors (Lipinski definition) is 1. The van der Waals surface area contributed by atoms with E-state index < -0.39 is 5.97 Å². The summed E-state index contributed by atoms with van der Waals surface area (Å²) in [4.78, 5) is 16.3. The first-order chi connectivity index (χ1) is 11.6. The van der Waals surface area contributed by atoms with Crippen LogP contribution in [0.2, 0.25) is 5.02 Å². The minimum absolute atomic E-state index is 0.0339. The predicted octanol–water partition coefficient (Wildman–Crippen LogP) is 2.81. The lowest BCUT2D eigenvalue weighted by atomic mass is 10.1. The Morgan fingerprint density at radius 2 is 2.21 bits per heavy atom. The highest BCUT2D eigenvalue weighted by Gasteiger charge is 2.28. The fourth-order valence-corrected chi connectivity index (χ4v) is 2.94. The summed E-state index contributed by atoms with van der Waals surface area (Å²) < 4.78 is 6.48. The molecule has 0 atom stereocenters. The molecular weight excluding hydrogens is 332 g/mol. The highest BCUT2D eigenvalue weighted by molar-refractivity contribution is 6.34. The van der Waals surface area contributed by atoms with Crippen molar-refractivity contribution in [2.45, 2.75) is 18.8 Å². The molecule has 4 rings (SSSR count). The van der Waals surface area contributed by atoms with Crippen LogP contribution in [0.5, 0.6) is 5.88 Å². The average molecular weight is 345 g/mol. The Morgan fingerprint density at radius 3 is 2.92 bits per heavy atom. The lowest BCUT2D eigenvalue weighted by molar-refractivity contribution is 0.0602. The molecule has 8 heteroatoms. The summed E-state index contributed by atoms with van der Waals surface area (Å²) in [6.07, 6.45) is 5.37. The fraction of sp³-hybridized carbons (Fsp3) is 0.250. The molecule has 0 bridgehead atoms. The Balaban J connectivity index is 1.90. The van der Waals surface area contributed by atoms with Crippen LogP contribution in [0.25, 0.3) is 17.0 Å². The third-order valence-electron chi connectivity index (χ3n) is 4.10. The lowest BCUT2D eigenvalue weighted by Crippen LogP contribution is -2.06. The molecule has 1 fully saturated rings. The molecule has 0 amide bonds. The summed E-state index contributed by atoms with van der Waals surface area (Å²) in [6, 6.07) is 3.41. The molecule has 122 valence electrons. The first kappa shape index (κ1) is 14.9. The number of aromatic hydroxyl groups is 1. The van der Waals surface area contributed by atoms with Crippen molar-refractivity contribution in [1.29, 1.82) is 0 Å². The Bertz CT molecular complexity index is 965. The standard InChI is InChI=1S/C16H13ClN4O3/c1-24-16(23)13-10(17)4-5-21-12(7-18-14(13)21)11-6-9(8-2-3-8)15(22)20-19-11/h4-8H,2-3H2,1H3,(H,20,22). The topological polar surface area (TPSA) is 89.6 Å². The normalized spacial score (nSPS) is 14.1. The smallest absolute Gasteiger partial charge is 0.343 e. The molecule has 1 N–H and O–H groups in total. The Hall–Kier alpha value is -2.67. The van der Waals surface area contributed by atoms with Gasteiger partial charge < -0.3 is 9.84 Å². The van der Waals surface area contributed by atoms with Gasteiger partial charge in [-0.3, -0.25) is 4.40 Å². The van der Waals surface area contributed by atoms with Crippen LogP contribution in [0, 0.1) is 0 Å². The van der Waals surface area contributed by atoms with Crippen LogP contribution in [0.15, 0.2) is 24.5 Å². The van der Waals surface area contributed by atoms with E-state index in [1.807, 2.05) is 6.07 Å². The molecule has 1 aliphatic carbocycles. The van der Waals surface area contributed by atoms with Gasteiger partial charge in [-0.2, -0.15) is 0 Å². The molecule has 0 aromatic carbocycles. The summed E-state index contributed by atoms with van der Waals surface area (Å²) in [5.41, 5.74) is 2.59. The van der Waals surface area contributed by atoms with Crippen LogP contribution in [0.1, 0.15) is 34.7 Å². The third-order valence-corrected chi connectivity index (χ3v) is 4.42. The number of aromatic nitrogens is 4. The van der Waals surface area contributed by atoms with Crippen LogP contribution in [0.3, 0.4) is 0 Å². The molecule has 0 unspecified atom stereocenters. The molecular formula is C16H13ClN4O3. The highest BCUT2D eigenvalue weighted by atomic mass is 35.5. The van der Waals surface area contributed by atoms with E-state index in [0.717, 1.165) is 18.4 Å². The monoisotopic (exact) mass is 344 g/mol. The van der Waals surface area contributed by atoms with Gasteiger partial charge in [0.2, 0.25) is 5.88 Å². The third kappa shape index (κ3) is 2.28. The largest absolute Gasteiger partial charge is 0.492 e. The quantitative estimate of drug-likeness (QED) is 0.735. The van der Waals surface area contributed by atoms with E-state index in [-0.39, 0.29) is 16.5 Å². The zero-order valence-corrected chi connectivity index (χ0v) is 13.5. The zero-order chi connectivity index (χ0) is 16.8. The van der Waals surface area contributed by atoms with Crippen molar-refractivity contribution in [3.63, 3.8) is 0 Å². The van der Waals surface area contributed by atoms with Gasteiger partial charge in [0.15, 0.2) is 5.65 Å². The Morgan fingerprint density at radius 1 is 1.42 bits per heavy atom. The highest BCUT2D eigenvalue weighted by Crippen LogP contribution is 2.44. The summed E-state index contributed by atoms with van der Waals surface area (Å²) in [5.74, 6) is -0.259. The van der Waals surface area contributed by atoms with Crippen molar-refractivity contribution in [2.75, 3.05) is 7.11 Å². The number of pyridine rings is 1. The van der Waals surface area contributed by atoms with Gasteiger partial charge in [0.25, 0.3) is 0 Å². The summed E-state index contributed by atoms with van der Waals surface area (Å²) >= 11 is 6.11. The molecule has 3 aromatic rings. The van der Waals surface area contributed by atoms with Crippen molar-refractivity contribution < 1.29 is 14.6 Å². The minimum atomic E-state index is -0.557. The van der Waals surface area contributed by atoms with Gasteiger partial charge in [-0.15, -0.1) is 10.2 Å². The first-order valence-corrected chi connectivity index (χ1v) is 7.78. The Kier molecular flexibility index (Phi) is 3.38. The van der Waals surface area contributed by atoms with E-state index in [1.54, 1.807) is 22.9 Å². The number of rotatable bonds is 3. The number of carbonyl (C=O) groups is 1. The van der Waals surface area contributed by atoms with Crippen molar-refractivity contribution in [3.05, 3.63) is 40.7 Å². The molecule has 0 spiro atoms. The van der Waals surface area contributed by atoms with Gasteiger partial charge in [-0.1, -0.05) is 11.6 Å². The second kappa shape index (κ2) is 5.45. The molecule has 1 aliphatic rings. The summed E-state index contributed by atoms with van der Waals surface area (Å²) in [6.45, 7) is 0. The molecule has 0 radical (unpaired) electrons. The molecule has 7 nitrogen and oxygen atoms in total. The fourth-order valence-electron chi connectivity index (χ4n) is 2.73. The SMILES string of the molecule is COC(=O)c1c(Cl)ccn2c(-c3cc(C4CC4)c(O)nn3)cnc12. The molecule has 3 aromatic heterocycles. The second-order valence-electron chi connectivity index (χ2n) is 5.65.